The van der Waals surface area contributed by atoms with Crippen LogP contribution >= 0.6 is 0 Å². The zero-order chi connectivity index (χ0) is 26.0. The Labute approximate surface area is 201 Å². The second kappa shape index (κ2) is 6.78. The molecule has 0 aromatic heterocycles. The van der Waals surface area contributed by atoms with Gasteiger partial charge >= 0.3 is 23.7 Å². The van der Waals surface area contributed by atoms with Gasteiger partial charge in [-0.15, -0.1) is 0 Å². The number of hydrogen-bond acceptors (Lipinski definition) is 0. The van der Waals surface area contributed by atoms with Crippen LogP contribution in [0, 0.1) is 0 Å². The molecule has 0 fully saturated rings. The van der Waals surface area contributed by atoms with Crippen LogP contribution in [-0.2, 0) is 23.7 Å². The van der Waals surface area contributed by atoms with E-state index in [0.717, 1.165) is 0 Å². The SMILES string of the molecule is CC1=C(C)C2c3ccccc3C1c1c3ccc(c12)C(F)(F)C(F)(F)c1ccc(cc1)C(F)(F)C3(F)F. The fraction of sp³-hybridized carbons (Fsp3) is 0.286. The van der Waals surface area contributed by atoms with Crippen molar-refractivity contribution in [1.82, 2.24) is 0 Å². The Hall–Kier alpha value is -3.16. The van der Waals surface area contributed by atoms with E-state index in [1.54, 1.807) is 38.1 Å². The lowest BCUT2D eigenvalue weighted by Crippen LogP contribution is -2.42. The minimum Gasteiger partial charge on any atom is -0.194 e. The number of benzene rings is 3. The third kappa shape index (κ3) is 2.50. The summed E-state index contributed by atoms with van der Waals surface area (Å²) in [5, 5.41) is 0. The van der Waals surface area contributed by atoms with Gasteiger partial charge in [0.15, 0.2) is 0 Å². The van der Waals surface area contributed by atoms with Gasteiger partial charge in [-0.05, 0) is 36.1 Å². The van der Waals surface area contributed by atoms with Gasteiger partial charge in [-0.25, -0.2) is 0 Å². The number of rotatable bonds is 0. The van der Waals surface area contributed by atoms with Gasteiger partial charge in [0.25, 0.3) is 0 Å². The molecule has 7 aliphatic carbocycles. The minimum atomic E-state index is -4.81. The molecule has 8 heteroatoms. The summed E-state index contributed by atoms with van der Waals surface area (Å²) in [4.78, 5) is 0. The molecular weight excluding hydrogens is 488 g/mol. The normalized spacial score (nSPS) is 25.7. The lowest BCUT2D eigenvalue weighted by molar-refractivity contribution is -0.228. The molecule has 3 aromatic carbocycles. The Morgan fingerprint density at radius 3 is 1.14 bits per heavy atom. The molecule has 186 valence electrons. The van der Waals surface area contributed by atoms with Crippen molar-refractivity contribution in [2.75, 3.05) is 0 Å². The van der Waals surface area contributed by atoms with E-state index in [0.29, 0.717) is 58.7 Å². The van der Waals surface area contributed by atoms with Crippen molar-refractivity contribution in [2.24, 2.45) is 0 Å². The average molecular weight is 506 g/mol. The van der Waals surface area contributed by atoms with Gasteiger partial charge < -0.3 is 0 Å². The Morgan fingerprint density at radius 1 is 0.472 bits per heavy atom. The topological polar surface area (TPSA) is 0 Å². The lowest BCUT2D eigenvalue weighted by atomic mass is 9.58. The highest BCUT2D eigenvalue weighted by atomic mass is 19.3. The van der Waals surface area contributed by atoms with Crippen LogP contribution in [0.15, 0.2) is 71.8 Å². The summed E-state index contributed by atoms with van der Waals surface area (Å²) in [7, 11) is 0. The highest BCUT2D eigenvalue weighted by Crippen LogP contribution is 2.64. The van der Waals surface area contributed by atoms with Crippen molar-refractivity contribution in [3.8, 4) is 0 Å². The van der Waals surface area contributed by atoms with E-state index >= 15 is 35.1 Å². The third-order valence-corrected chi connectivity index (χ3v) is 8.05. The van der Waals surface area contributed by atoms with Crippen LogP contribution in [0.4, 0.5) is 35.1 Å². The van der Waals surface area contributed by atoms with Gasteiger partial charge in [0.2, 0.25) is 0 Å². The fourth-order valence-corrected chi connectivity index (χ4v) is 6.10. The van der Waals surface area contributed by atoms with Crippen LogP contribution < -0.4 is 0 Å². The van der Waals surface area contributed by atoms with Crippen LogP contribution in [0.2, 0.25) is 0 Å². The smallest absolute Gasteiger partial charge is 0.194 e. The van der Waals surface area contributed by atoms with Crippen molar-refractivity contribution in [3.05, 3.63) is 116 Å². The van der Waals surface area contributed by atoms with Crippen LogP contribution in [0.25, 0.3) is 0 Å². The van der Waals surface area contributed by atoms with Crippen LogP contribution in [0.5, 0.6) is 0 Å². The van der Waals surface area contributed by atoms with Crippen LogP contribution in [0.1, 0.15) is 70.2 Å². The highest BCUT2D eigenvalue weighted by molar-refractivity contribution is 5.69. The summed E-state index contributed by atoms with van der Waals surface area (Å²) in [6, 6.07) is 8.96. The van der Waals surface area contributed by atoms with Gasteiger partial charge in [0, 0.05) is 34.1 Å². The molecule has 2 unspecified atom stereocenters. The lowest BCUT2D eigenvalue weighted by Gasteiger charge is -2.46. The molecule has 0 amide bonds. The Balaban J connectivity index is 1.80. The zero-order valence-electron chi connectivity index (χ0n) is 19.0. The second-order valence-corrected chi connectivity index (χ2v) is 9.72. The number of hydrogen-bond donors (Lipinski definition) is 0. The third-order valence-electron chi connectivity index (χ3n) is 8.05. The second-order valence-electron chi connectivity index (χ2n) is 9.72. The summed E-state index contributed by atoms with van der Waals surface area (Å²) < 4.78 is 125. The van der Waals surface area contributed by atoms with E-state index in [9.17, 15) is 0 Å². The molecule has 0 aliphatic heterocycles. The van der Waals surface area contributed by atoms with Gasteiger partial charge in [0.05, 0.1) is 0 Å². The minimum absolute atomic E-state index is 0.365. The molecule has 2 atom stereocenters. The molecule has 6 bridgehead atoms. The highest BCUT2D eigenvalue weighted by Gasteiger charge is 2.65. The molecule has 0 saturated heterocycles. The molecule has 7 aliphatic rings. The first-order chi connectivity index (χ1) is 16.7. The molecule has 0 spiro atoms. The Kier molecular flexibility index (Phi) is 4.38. The summed E-state index contributed by atoms with van der Waals surface area (Å²) >= 11 is 0. The number of alkyl halides is 8. The first kappa shape index (κ1) is 23.3. The standard InChI is InChI=1S/C28H18F8/c1-13-14(2)22-18-6-4-3-5-17(18)21(13)23-19-11-12-20(24(22)23)28(35,36)26(31,32)16-9-7-15(8-10-16)25(29,30)27(19,33)34/h3-12,21-22H,1-2H3. The molecule has 3 aromatic rings. The van der Waals surface area contributed by atoms with Crippen LogP contribution in [0.3, 0.4) is 0 Å². The van der Waals surface area contributed by atoms with Gasteiger partial charge in [-0.2, -0.15) is 35.1 Å². The molecule has 10 rings (SSSR count). The van der Waals surface area contributed by atoms with Gasteiger partial charge in [-0.3, -0.25) is 0 Å². The van der Waals surface area contributed by atoms with E-state index in [1.807, 2.05) is 0 Å². The summed E-state index contributed by atoms with van der Waals surface area (Å²) in [6.07, 6.45) is 0. The maximum Gasteiger partial charge on any atom is 0.340 e. The van der Waals surface area contributed by atoms with E-state index < -0.39 is 68.9 Å². The number of allylic oxidation sites excluding steroid dienone is 2. The number of halogens is 8. The predicted octanol–water partition coefficient (Wildman–Crippen LogP) is 8.69. The Morgan fingerprint density at radius 2 is 0.806 bits per heavy atom. The van der Waals surface area contributed by atoms with E-state index in [1.165, 1.54) is 0 Å². The van der Waals surface area contributed by atoms with Gasteiger partial charge in [0.1, 0.15) is 0 Å². The monoisotopic (exact) mass is 506 g/mol. The van der Waals surface area contributed by atoms with Crippen molar-refractivity contribution >= 4 is 0 Å². The fourth-order valence-electron chi connectivity index (χ4n) is 6.10. The molecule has 36 heavy (non-hydrogen) atoms. The molecule has 0 N–H and O–H groups in total. The van der Waals surface area contributed by atoms with Crippen molar-refractivity contribution < 1.29 is 35.1 Å². The first-order valence-electron chi connectivity index (χ1n) is 11.3. The summed E-state index contributed by atoms with van der Waals surface area (Å²) in [6.45, 7) is 3.26. The van der Waals surface area contributed by atoms with Gasteiger partial charge in [-0.1, -0.05) is 71.8 Å². The van der Waals surface area contributed by atoms with Crippen molar-refractivity contribution in [2.45, 2.75) is 49.4 Å². The quantitative estimate of drug-likeness (QED) is 0.211. The molecule has 0 heterocycles. The van der Waals surface area contributed by atoms with Crippen LogP contribution in [-0.4, -0.2) is 0 Å². The average Bonchev–Trinajstić information content (AvgIpc) is 2.84. The molecule has 0 radical (unpaired) electrons. The molecule has 0 saturated carbocycles. The van der Waals surface area contributed by atoms with Crippen molar-refractivity contribution in [3.63, 3.8) is 0 Å². The first-order valence-corrected chi connectivity index (χ1v) is 11.3. The summed E-state index contributed by atoms with van der Waals surface area (Å²) in [5.41, 5.74) is -3.48. The largest absolute Gasteiger partial charge is 0.340 e. The molecule has 0 nitrogen and oxygen atoms in total. The van der Waals surface area contributed by atoms with E-state index in [2.05, 4.69) is 0 Å². The maximum atomic E-state index is 15.8. The summed E-state index contributed by atoms with van der Waals surface area (Å²) in [5.74, 6) is -21.3. The van der Waals surface area contributed by atoms with Crippen molar-refractivity contribution in [1.29, 1.82) is 0 Å². The zero-order valence-corrected chi connectivity index (χ0v) is 19.0. The van der Waals surface area contributed by atoms with E-state index in [4.69, 9.17) is 0 Å². The Bertz CT molecular complexity index is 1350. The predicted molar refractivity (Wildman–Crippen MR) is 117 cm³/mol. The molecular formula is C28H18F8. The van der Waals surface area contributed by atoms with E-state index in [-0.39, 0.29) is 0 Å². The maximum absolute atomic E-state index is 15.8.